The number of carbonyl (C=O) groups is 4. The van der Waals surface area contributed by atoms with E-state index in [-0.39, 0.29) is 36.7 Å². The van der Waals surface area contributed by atoms with Crippen LogP contribution in [0.3, 0.4) is 0 Å². The van der Waals surface area contributed by atoms with Crippen LogP contribution in [0.5, 0.6) is 0 Å². The molecule has 1 N–H and O–H groups in total. The Kier molecular flexibility index (Phi) is 6.08. The Hall–Kier alpha value is -4.01. The number of aliphatic hydroxyl groups excluding tert-OH is 1. The number of furan rings is 1. The molecule has 8 nitrogen and oxygen atoms in total. The van der Waals surface area contributed by atoms with E-state index >= 15 is 0 Å². The lowest BCUT2D eigenvalue weighted by Gasteiger charge is -2.48. The lowest BCUT2D eigenvalue weighted by molar-refractivity contribution is -0.131. The van der Waals surface area contributed by atoms with Crippen LogP contribution >= 0.6 is 11.6 Å². The molecule has 0 bridgehead atoms. The molecule has 0 radical (unpaired) electrons. The number of imide groups is 2. The lowest BCUT2D eigenvalue weighted by Crippen LogP contribution is -2.48. The van der Waals surface area contributed by atoms with Crippen LogP contribution in [0.1, 0.15) is 42.8 Å². The van der Waals surface area contributed by atoms with Crippen molar-refractivity contribution in [2.45, 2.75) is 39.2 Å². The first kappa shape index (κ1) is 26.9. The minimum absolute atomic E-state index is 0.253. The Morgan fingerprint density at radius 2 is 1.69 bits per heavy atom. The molecule has 1 saturated carbocycles. The van der Waals surface area contributed by atoms with Gasteiger partial charge in [0.1, 0.15) is 18.1 Å². The summed E-state index contributed by atoms with van der Waals surface area (Å²) in [6, 6.07) is 17.4. The van der Waals surface area contributed by atoms with Gasteiger partial charge in [-0.05, 0) is 74.6 Å². The van der Waals surface area contributed by atoms with Gasteiger partial charge in [-0.3, -0.25) is 19.2 Å². The monoisotopic (exact) mass is 584 g/mol. The summed E-state index contributed by atoms with van der Waals surface area (Å²) in [5, 5.41) is 10.2. The van der Waals surface area contributed by atoms with Gasteiger partial charge in [-0.2, -0.15) is 0 Å². The SMILES string of the molecule is Cc1ccc(N2C(=O)C3CC=C4C(CC5C(=O)N(c6ccccc6)C(=O)C5(C)C4c4ccc(CO)o4)C3C2=O)cc1Cl. The molecular formula is C33H29ClN2O6. The number of fused-ring (bicyclic) bond motifs is 4. The molecule has 2 aliphatic heterocycles. The molecule has 7 rings (SSSR count). The molecule has 2 aromatic carbocycles. The summed E-state index contributed by atoms with van der Waals surface area (Å²) < 4.78 is 6.04. The number of nitrogens with zero attached hydrogens (tertiary/aromatic N) is 2. The Morgan fingerprint density at radius 3 is 2.38 bits per heavy atom. The van der Waals surface area contributed by atoms with Crippen LogP contribution in [0.15, 0.2) is 76.7 Å². The molecule has 4 aliphatic rings. The molecule has 4 amide bonds. The summed E-state index contributed by atoms with van der Waals surface area (Å²) in [4.78, 5) is 58.7. The zero-order valence-electron chi connectivity index (χ0n) is 23.1. The number of aliphatic hydroxyl groups is 1. The molecule has 3 aromatic rings. The van der Waals surface area contributed by atoms with Crippen molar-refractivity contribution in [2.24, 2.45) is 29.1 Å². The van der Waals surface area contributed by atoms with E-state index in [4.69, 9.17) is 16.0 Å². The zero-order chi connectivity index (χ0) is 29.5. The highest BCUT2D eigenvalue weighted by atomic mass is 35.5. The van der Waals surface area contributed by atoms with Crippen molar-refractivity contribution in [3.05, 3.63) is 94.4 Å². The van der Waals surface area contributed by atoms with Gasteiger partial charge in [0.25, 0.3) is 0 Å². The molecule has 2 aliphatic carbocycles. The van der Waals surface area contributed by atoms with Crippen LogP contribution in [-0.4, -0.2) is 28.7 Å². The first-order valence-corrected chi connectivity index (χ1v) is 14.5. The van der Waals surface area contributed by atoms with E-state index in [0.29, 0.717) is 34.3 Å². The maximum atomic E-state index is 14.3. The van der Waals surface area contributed by atoms with Crippen LogP contribution in [0, 0.1) is 36.0 Å². The van der Waals surface area contributed by atoms with Crippen LogP contribution in [-0.2, 0) is 25.8 Å². The number of para-hydroxylation sites is 1. The summed E-state index contributed by atoms with van der Waals surface area (Å²) in [5.74, 6) is -3.60. The molecule has 3 heterocycles. The number of anilines is 2. The van der Waals surface area contributed by atoms with Crippen molar-refractivity contribution >= 4 is 46.6 Å². The van der Waals surface area contributed by atoms with Crippen molar-refractivity contribution in [2.75, 3.05) is 9.80 Å². The van der Waals surface area contributed by atoms with E-state index in [2.05, 4.69) is 0 Å². The van der Waals surface area contributed by atoms with Crippen molar-refractivity contribution in [3.63, 3.8) is 0 Å². The number of halogens is 1. The Labute approximate surface area is 247 Å². The molecule has 214 valence electrons. The van der Waals surface area contributed by atoms with Gasteiger partial charge in [0.2, 0.25) is 23.6 Å². The van der Waals surface area contributed by atoms with Crippen LogP contribution in [0.4, 0.5) is 11.4 Å². The average molecular weight is 585 g/mol. The summed E-state index contributed by atoms with van der Waals surface area (Å²) >= 11 is 6.36. The molecule has 42 heavy (non-hydrogen) atoms. The predicted molar refractivity (Wildman–Crippen MR) is 154 cm³/mol. The van der Waals surface area contributed by atoms with E-state index in [0.717, 1.165) is 11.1 Å². The molecule has 0 spiro atoms. The van der Waals surface area contributed by atoms with Gasteiger partial charge in [-0.25, -0.2) is 9.80 Å². The maximum Gasteiger partial charge on any atom is 0.241 e. The van der Waals surface area contributed by atoms with E-state index in [1.807, 2.05) is 19.1 Å². The number of benzene rings is 2. The second-order valence-corrected chi connectivity index (χ2v) is 12.3. The predicted octanol–water partition coefficient (Wildman–Crippen LogP) is 5.17. The number of rotatable bonds is 4. The van der Waals surface area contributed by atoms with E-state index < -0.39 is 35.0 Å². The topological polar surface area (TPSA) is 108 Å². The van der Waals surface area contributed by atoms with E-state index in [1.165, 1.54) is 9.80 Å². The van der Waals surface area contributed by atoms with Crippen molar-refractivity contribution in [1.82, 2.24) is 0 Å². The summed E-state index contributed by atoms with van der Waals surface area (Å²) in [7, 11) is 0. The third-order valence-corrected chi connectivity index (χ3v) is 10.2. The molecule has 2 saturated heterocycles. The van der Waals surface area contributed by atoms with E-state index in [1.54, 1.807) is 61.5 Å². The number of hydrogen-bond donors (Lipinski definition) is 1. The first-order valence-electron chi connectivity index (χ1n) is 14.1. The van der Waals surface area contributed by atoms with E-state index in [9.17, 15) is 24.3 Å². The highest BCUT2D eigenvalue weighted by Gasteiger charge is 2.68. The molecule has 1 aromatic heterocycles. The number of amides is 4. The number of aryl methyl sites for hydroxylation is 1. The fourth-order valence-corrected chi connectivity index (χ4v) is 7.92. The summed E-state index contributed by atoms with van der Waals surface area (Å²) in [6.07, 6.45) is 2.55. The van der Waals surface area contributed by atoms with Crippen LogP contribution in [0.2, 0.25) is 5.02 Å². The van der Waals surface area contributed by atoms with Gasteiger partial charge in [0.05, 0.1) is 40.5 Å². The quantitative estimate of drug-likeness (QED) is 0.335. The van der Waals surface area contributed by atoms with Crippen molar-refractivity contribution in [3.8, 4) is 0 Å². The van der Waals surface area contributed by atoms with Gasteiger partial charge in [-0.1, -0.05) is 47.5 Å². The third-order valence-electron chi connectivity index (χ3n) is 9.83. The Morgan fingerprint density at radius 1 is 0.929 bits per heavy atom. The molecule has 6 unspecified atom stereocenters. The summed E-state index contributed by atoms with van der Waals surface area (Å²) in [5.41, 5.74) is 1.39. The standard InChI is InChI=1S/C33H29ClN2O6/c1-17-8-9-19(14-25(17)34)35-29(38)22-12-11-21-23(27(22)31(35)40)15-24-30(39)36(18-6-4-3-5-7-18)32(41)33(24,2)28(21)26-13-10-20(16-37)42-26/h3-11,13-14,22-24,27-28,37H,12,15-16H2,1-2H3. The van der Waals surface area contributed by atoms with Gasteiger partial charge in [0, 0.05) is 5.02 Å². The largest absolute Gasteiger partial charge is 0.463 e. The molecule has 9 heteroatoms. The van der Waals surface area contributed by atoms with Gasteiger partial charge >= 0.3 is 0 Å². The minimum Gasteiger partial charge on any atom is -0.463 e. The average Bonchev–Trinajstić information content (AvgIpc) is 3.61. The van der Waals surface area contributed by atoms with Gasteiger partial charge in [-0.15, -0.1) is 0 Å². The van der Waals surface area contributed by atoms with Crippen molar-refractivity contribution in [1.29, 1.82) is 0 Å². The molecule has 3 fully saturated rings. The third kappa shape index (κ3) is 3.58. The second kappa shape index (κ2) is 9.51. The lowest BCUT2D eigenvalue weighted by atomic mass is 9.52. The first-order chi connectivity index (χ1) is 20.2. The second-order valence-electron chi connectivity index (χ2n) is 11.9. The zero-order valence-corrected chi connectivity index (χ0v) is 23.9. The smallest absolute Gasteiger partial charge is 0.241 e. The maximum absolute atomic E-state index is 14.3. The highest BCUT2D eigenvalue weighted by Crippen LogP contribution is 2.63. The summed E-state index contributed by atoms with van der Waals surface area (Å²) in [6.45, 7) is 3.34. The fraction of sp³-hybridized carbons (Fsp3) is 0.333. The number of hydrogen-bond acceptors (Lipinski definition) is 6. The van der Waals surface area contributed by atoms with Gasteiger partial charge < -0.3 is 9.52 Å². The molecular weight excluding hydrogens is 556 g/mol. The van der Waals surface area contributed by atoms with Crippen molar-refractivity contribution < 1.29 is 28.7 Å². The minimum atomic E-state index is -1.19. The van der Waals surface area contributed by atoms with Crippen LogP contribution < -0.4 is 9.80 Å². The normalized spacial score (nSPS) is 30.4. The van der Waals surface area contributed by atoms with Gasteiger partial charge in [0.15, 0.2) is 0 Å². The Balaban J connectivity index is 1.35. The number of carbonyl (C=O) groups excluding carboxylic acids is 4. The highest BCUT2D eigenvalue weighted by molar-refractivity contribution is 6.32. The molecule has 6 atom stereocenters. The number of allylic oxidation sites excluding steroid dienone is 2. The Bertz CT molecular complexity index is 1700. The van der Waals surface area contributed by atoms with Crippen LogP contribution in [0.25, 0.3) is 0 Å². The fourth-order valence-electron chi connectivity index (χ4n) is 7.75.